The molecule has 0 radical (unpaired) electrons. The Morgan fingerprint density at radius 3 is 2.52 bits per heavy atom. The molecule has 0 fully saturated rings. The van der Waals surface area contributed by atoms with Crippen LogP contribution < -0.4 is 10.0 Å². The van der Waals surface area contributed by atoms with E-state index in [1.807, 2.05) is 19.1 Å². The fraction of sp³-hybridized carbons (Fsp3) is 0.0625. The molecule has 3 aromatic rings. The summed E-state index contributed by atoms with van der Waals surface area (Å²) in [4.78, 5) is 11.5. The largest absolute Gasteiger partial charge is 0.312 e. The van der Waals surface area contributed by atoms with Gasteiger partial charge in [0, 0.05) is 15.4 Å². The molecule has 0 atom stereocenters. The van der Waals surface area contributed by atoms with E-state index in [0.29, 0.717) is 16.9 Å². The smallest absolute Gasteiger partial charge is 0.267 e. The third kappa shape index (κ3) is 3.45. The molecule has 9 heteroatoms. The zero-order valence-corrected chi connectivity index (χ0v) is 16.1. The van der Waals surface area contributed by atoms with Crippen LogP contribution >= 0.6 is 27.3 Å². The van der Waals surface area contributed by atoms with E-state index in [2.05, 4.69) is 15.9 Å². The van der Waals surface area contributed by atoms with E-state index in [-0.39, 0.29) is 4.87 Å². The van der Waals surface area contributed by atoms with Crippen LogP contribution in [0.1, 0.15) is 5.56 Å². The Bertz CT molecular complexity index is 1140. The molecule has 5 nitrogen and oxygen atoms in total. The van der Waals surface area contributed by atoms with Crippen LogP contribution in [0.3, 0.4) is 0 Å². The van der Waals surface area contributed by atoms with Gasteiger partial charge in [-0.05, 0) is 42.8 Å². The maximum Gasteiger partial charge on any atom is 0.312 e. The molecule has 0 unspecified atom stereocenters. The normalized spacial score (nSPS) is 11.7. The van der Waals surface area contributed by atoms with Crippen LogP contribution in [0.25, 0.3) is 16.9 Å². The number of nitrogens with zero attached hydrogens (tertiary/aromatic N) is 1. The summed E-state index contributed by atoms with van der Waals surface area (Å²) in [6.07, 6.45) is 0. The number of aryl methyl sites for hydroxylation is 1. The highest BCUT2D eigenvalue weighted by Crippen LogP contribution is 2.28. The van der Waals surface area contributed by atoms with Crippen LogP contribution in [0, 0.1) is 12.7 Å². The number of rotatable bonds is 3. The fourth-order valence-electron chi connectivity index (χ4n) is 2.41. The maximum absolute atomic E-state index is 14.1. The summed E-state index contributed by atoms with van der Waals surface area (Å²) in [7, 11) is -4.15. The van der Waals surface area contributed by atoms with Crippen molar-refractivity contribution in [2.75, 3.05) is 0 Å². The summed E-state index contributed by atoms with van der Waals surface area (Å²) >= 11 is 4.38. The first-order valence-corrected chi connectivity index (χ1v) is 10.2. The summed E-state index contributed by atoms with van der Waals surface area (Å²) in [6, 6.07) is 9.00. The summed E-state index contributed by atoms with van der Waals surface area (Å²) in [5.41, 5.74) is 2.43. The van der Waals surface area contributed by atoms with Gasteiger partial charge < -0.3 is 0 Å². The first-order chi connectivity index (χ1) is 11.7. The molecule has 1 heterocycles. The van der Waals surface area contributed by atoms with Gasteiger partial charge in [-0.3, -0.25) is 9.36 Å². The number of benzene rings is 2. The van der Waals surface area contributed by atoms with E-state index in [9.17, 15) is 17.6 Å². The van der Waals surface area contributed by atoms with Crippen LogP contribution in [-0.2, 0) is 10.0 Å². The Hall–Kier alpha value is -1.81. The predicted molar refractivity (Wildman–Crippen MR) is 99.1 cm³/mol. The minimum absolute atomic E-state index is 0.229. The first-order valence-electron chi connectivity index (χ1n) is 6.98. The number of sulfonamides is 1. The Kier molecular flexibility index (Phi) is 4.67. The highest BCUT2D eigenvalue weighted by molar-refractivity contribution is 9.10. The minimum Gasteiger partial charge on any atom is -0.267 e. The van der Waals surface area contributed by atoms with Gasteiger partial charge >= 0.3 is 4.87 Å². The first kappa shape index (κ1) is 18.0. The fourth-order valence-corrected chi connectivity index (χ4v) is 4.01. The average Bonchev–Trinajstić information content (AvgIpc) is 2.90. The second kappa shape index (κ2) is 6.49. The van der Waals surface area contributed by atoms with Gasteiger partial charge in [0.15, 0.2) is 0 Å². The molecular formula is C16H12BrFN2O3S2. The Morgan fingerprint density at radius 2 is 1.92 bits per heavy atom. The second-order valence-electron chi connectivity index (χ2n) is 5.35. The van der Waals surface area contributed by atoms with Crippen molar-refractivity contribution in [2.24, 2.45) is 5.14 Å². The van der Waals surface area contributed by atoms with Crippen LogP contribution in [0.4, 0.5) is 4.39 Å². The van der Waals surface area contributed by atoms with E-state index >= 15 is 0 Å². The van der Waals surface area contributed by atoms with Crippen molar-refractivity contribution in [3.8, 4) is 16.9 Å². The van der Waals surface area contributed by atoms with Crippen LogP contribution in [0.5, 0.6) is 0 Å². The van der Waals surface area contributed by atoms with Crippen molar-refractivity contribution in [3.63, 3.8) is 0 Å². The molecule has 0 aliphatic carbocycles. The van der Waals surface area contributed by atoms with Gasteiger partial charge in [-0.25, -0.2) is 17.9 Å². The van der Waals surface area contributed by atoms with Crippen LogP contribution in [-0.4, -0.2) is 13.0 Å². The molecule has 2 N–H and O–H groups in total. The highest BCUT2D eigenvalue weighted by atomic mass is 79.9. The van der Waals surface area contributed by atoms with E-state index in [1.54, 1.807) is 11.4 Å². The topological polar surface area (TPSA) is 82.2 Å². The van der Waals surface area contributed by atoms with Crippen molar-refractivity contribution >= 4 is 37.3 Å². The molecule has 130 valence electrons. The number of halogens is 2. The number of primary sulfonamides is 1. The Morgan fingerprint density at radius 1 is 1.20 bits per heavy atom. The Labute approximate surface area is 155 Å². The molecule has 0 saturated heterocycles. The van der Waals surface area contributed by atoms with Gasteiger partial charge in [-0.2, -0.15) is 0 Å². The third-order valence-corrected chi connectivity index (χ3v) is 6.19. The standard InChI is InChI=1S/C16H12BrFN2O3S2/c1-9-6-11(3-4-12(9)17)20-14(8-24-16(20)21)10-2-5-15(13(18)7-10)25(19,22)23/h2-8H,1H3,(H2,19,22,23). The van der Waals surface area contributed by atoms with Crippen molar-refractivity contribution in [1.82, 2.24) is 4.57 Å². The van der Waals surface area contributed by atoms with Gasteiger partial charge in [-0.15, -0.1) is 0 Å². The summed E-state index contributed by atoms with van der Waals surface area (Å²) in [5.74, 6) is -0.961. The average molecular weight is 443 g/mol. The van der Waals surface area contributed by atoms with Crippen molar-refractivity contribution in [1.29, 1.82) is 0 Å². The number of nitrogens with two attached hydrogens (primary N) is 1. The second-order valence-corrected chi connectivity index (χ2v) is 8.55. The molecule has 0 aliphatic heterocycles. The zero-order chi connectivity index (χ0) is 18.4. The summed E-state index contributed by atoms with van der Waals surface area (Å²) in [5, 5.41) is 6.58. The molecule has 0 spiro atoms. The lowest BCUT2D eigenvalue weighted by Crippen LogP contribution is -2.14. The Balaban J connectivity index is 2.19. The summed E-state index contributed by atoms with van der Waals surface area (Å²) < 4.78 is 39.2. The molecule has 0 amide bonds. The molecule has 3 rings (SSSR count). The number of aromatic nitrogens is 1. The number of thiazole rings is 1. The van der Waals surface area contributed by atoms with E-state index in [4.69, 9.17) is 5.14 Å². The van der Waals surface area contributed by atoms with Crippen molar-refractivity contribution in [2.45, 2.75) is 11.8 Å². The lowest BCUT2D eigenvalue weighted by Gasteiger charge is -2.10. The molecule has 25 heavy (non-hydrogen) atoms. The van der Waals surface area contributed by atoms with Crippen molar-refractivity contribution in [3.05, 3.63) is 67.3 Å². The quantitative estimate of drug-likeness (QED) is 0.674. The SMILES string of the molecule is Cc1cc(-n2c(-c3ccc(S(N)(=O)=O)c(F)c3)csc2=O)ccc1Br. The molecule has 1 aromatic heterocycles. The van der Waals surface area contributed by atoms with E-state index < -0.39 is 20.7 Å². The molecule has 0 bridgehead atoms. The third-order valence-electron chi connectivity index (χ3n) is 3.63. The van der Waals surface area contributed by atoms with Crippen LogP contribution in [0.2, 0.25) is 0 Å². The highest BCUT2D eigenvalue weighted by Gasteiger charge is 2.17. The van der Waals surface area contributed by atoms with Gasteiger partial charge in [0.1, 0.15) is 10.7 Å². The van der Waals surface area contributed by atoms with Gasteiger partial charge in [0.25, 0.3) is 0 Å². The molecule has 2 aromatic carbocycles. The predicted octanol–water partition coefficient (Wildman–Crippen LogP) is 3.42. The molecule has 0 aliphatic rings. The molecule has 0 saturated carbocycles. The van der Waals surface area contributed by atoms with Crippen LogP contribution in [0.15, 0.2) is 55.9 Å². The number of hydrogen-bond acceptors (Lipinski definition) is 4. The lowest BCUT2D eigenvalue weighted by molar-refractivity contribution is 0.568. The van der Waals surface area contributed by atoms with E-state index in [0.717, 1.165) is 33.5 Å². The van der Waals surface area contributed by atoms with Gasteiger partial charge in [-0.1, -0.05) is 33.3 Å². The van der Waals surface area contributed by atoms with E-state index in [1.165, 1.54) is 10.6 Å². The van der Waals surface area contributed by atoms with Crippen molar-refractivity contribution < 1.29 is 12.8 Å². The monoisotopic (exact) mass is 442 g/mol. The van der Waals surface area contributed by atoms with Gasteiger partial charge in [0.05, 0.1) is 11.4 Å². The minimum atomic E-state index is -4.15. The zero-order valence-electron chi connectivity index (χ0n) is 12.9. The molecular weight excluding hydrogens is 431 g/mol. The maximum atomic E-state index is 14.1. The lowest BCUT2D eigenvalue weighted by atomic mass is 10.1. The number of hydrogen-bond donors (Lipinski definition) is 1. The summed E-state index contributed by atoms with van der Waals surface area (Å²) in [6.45, 7) is 1.89. The van der Waals surface area contributed by atoms with Gasteiger partial charge in [0.2, 0.25) is 10.0 Å².